The largest absolute Gasteiger partial charge is 0.497 e. The molecule has 0 aromatic heterocycles. The number of benzene rings is 2. The maximum absolute atomic E-state index is 12.5. The standard InChI is InChI=1S/C20H23NO4/c1-14(22)16-7-10-19(25-4)17(11-16)12-20(23)21(2)13-15-5-8-18(24-3)9-6-15/h5-11H,12-13H2,1-4H3. The summed E-state index contributed by atoms with van der Waals surface area (Å²) in [7, 11) is 4.93. The van der Waals surface area contributed by atoms with Crippen LogP contribution in [0.3, 0.4) is 0 Å². The molecule has 5 heteroatoms. The molecule has 0 aliphatic rings. The summed E-state index contributed by atoms with van der Waals surface area (Å²) in [6, 6.07) is 12.7. The van der Waals surface area contributed by atoms with Gasteiger partial charge in [0.1, 0.15) is 11.5 Å². The predicted octanol–water partition coefficient (Wildman–Crippen LogP) is 3.11. The second kappa shape index (κ2) is 8.33. The lowest BCUT2D eigenvalue weighted by atomic mass is 10.0. The number of hydrogen-bond donors (Lipinski definition) is 0. The summed E-state index contributed by atoms with van der Waals surface area (Å²) in [5.74, 6) is 1.30. The van der Waals surface area contributed by atoms with E-state index in [2.05, 4.69) is 0 Å². The summed E-state index contributed by atoms with van der Waals surface area (Å²) >= 11 is 0. The first-order chi connectivity index (χ1) is 11.9. The van der Waals surface area contributed by atoms with Crippen molar-refractivity contribution < 1.29 is 19.1 Å². The van der Waals surface area contributed by atoms with E-state index in [-0.39, 0.29) is 18.1 Å². The van der Waals surface area contributed by atoms with Gasteiger partial charge < -0.3 is 14.4 Å². The molecule has 1 amide bonds. The molecule has 0 spiro atoms. The van der Waals surface area contributed by atoms with Crippen LogP contribution in [-0.2, 0) is 17.8 Å². The fourth-order valence-electron chi connectivity index (χ4n) is 2.53. The summed E-state index contributed by atoms with van der Waals surface area (Å²) in [6.07, 6.45) is 0.178. The van der Waals surface area contributed by atoms with Crippen LogP contribution in [0.2, 0.25) is 0 Å². The van der Waals surface area contributed by atoms with Crippen LogP contribution in [0, 0.1) is 0 Å². The highest BCUT2D eigenvalue weighted by Crippen LogP contribution is 2.22. The number of amides is 1. The van der Waals surface area contributed by atoms with Crippen molar-refractivity contribution in [2.45, 2.75) is 19.9 Å². The van der Waals surface area contributed by atoms with Crippen molar-refractivity contribution in [1.29, 1.82) is 0 Å². The number of Topliss-reactive ketones (excluding diaryl/α,β-unsaturated/α-hetero) is 1. The minimum atomic E-state index is -0.0465. The van der Waals surface area contributed by atoms with Gasteiger partial charge in [-0.25, -0.2) is 0 Å². The van der Waals surface area contributed by atoms with Crippen molar-refractivity contribution in [3.63, 3.8) is 0 Å². The lowest BCUT2D eigenvalue weighted by molar-refractivity contribution is -0.129. The van der Waals surface area contributed by atoms with Crippen molar-refractivity contribution in [3.05, 3.63) is 59.2 Å². The Balaban J connectivity index is 2.09. The minimum absolute atomic E-state index is 0.0389. The van der Waals surface area contributed by atoms with Crippen LogP contribution in [0.4, 0.5) is 0 Å². The first kappa shape index (κ1) is 18.5. The van der Waals surface area contributed by atoms with Crippen LogP contribution in [-0.4, -0.2) is 37.9 Å². The van der Waals surface area contributed by atoms with E-state index in [0.29, 0.717) is 23.4 Å². The fourth-order valence-corrected chi connectivity index (χ4v) is 2.53. The molecule has 2 aromatic rings. The molecule has 0 atom stereocenters. The van der Waals surface area contributed by atoms with Crippen LogP contribution in [0.1, 0.15) is 28.4 Å². The van der Waals surface area contributed by atoms with Crippen molar-refractivity contribution in [2.24, 2.45) is 0 Å². The van der Waals surface area contributed by atoms with E-state index >= 15 is 0 Å². The summed E-state index contributed by atoms with van der Waals surface area (Å²) in [4.78, 5) is 25.8. The van der Waals surface area contributed by atoms with Gasteiger partial charge in [-0.2, -0.15) is 0 Å². The molecule has 0 aliphatic heterocycles. The van der Waals surface area contributed by atoms with Gasteiger partial charge >= 0.3 is 0 Å². The van der Waals surface area contributed by atoms with Gasteiger partial charge in [0.25, 0.3) is 0 Å². The van der Waals surface area contributed by atoms with Crippen LogP contribution in [0.15, 0.2) is 42.5 Å². The Labute approximate surface area is 148 Å². The van der Waals surface area contributed by atoms with Crippen LogP contribution < -0.4 is 9.47 Å². The van der Waals surface area contributed by atoms with Crippen molar-refractivity contribution in [3.8, 4) is 11.5 Å². The van der Waals surface area contributed by atoms with E-state index in [1.165, 1.54) is 6.92 Å². The van der Waals surface area contributed by atoms with Crippen molar-refractivity contribution in [1.82, 2.24) is 4.90 Å². The highest BCUT2D eigenvalue weighted by atomic mass is 16.5. The molecule has 0 unspecified atom stereocenters. The Morgan fingerprint density at radius 1 is 1.00 bits per heavy atom. The Kier molecular flexibility index (Phi) is 6.17. The highest BCUT2D eigenvalue weighted by Gasteiger charge is 2.15. The van der Waals surface area contributed by atoms with E-state index in [0.717, 1.165) is 11.3 Å². The number of carbonyl (C=O) groups is 2. The van der Waals surface area contributed by atoms with Gasteiger partial charge in [-0.15, -0.1) is 0 Å². The molecule has 2 rings (SSSR count). The number of carbonyl (C=O) groups excluding carboxylic acids is 2. The number of nitrogens with zero attached hydrogens (tertiary/aromatic N) is 1. The molecule has 0 radical (unpaired) electrons. The zero-order valence-electron chi connectivity index (χ0n) is 15.0. The first-order valence-electron chi connectivity index (χ1n) is 7.99. The fraction of sp³-hybridized carbons (Fsp3) is 0.300. The van der Waals surface area contributed by atoms with Gasteiger partial charge in [-0.3, -0.25) is 9.59 Å². The zero-order chi connectivity index (χ0) is 18.4. The zero-order valence-corrected chi connectivity index (χ0v) is 15.0. The Bertz CT molecular complexity index is 753. The van der Waals surface area contributed by atoms with Gasteiger partial charge in [0.2, 0.25) is 5.91 Å². The normalized spacial score (nSPS) is 10.2. The third-order valence-electron chi connectivity index (χ3n) is 4.03. The van der Waals surface area contributed by atoms with E-state index in [1.807, 2.05) is 24.3 Å². The van der Waals surface area contributed by atoms with Gasteiger partial charge in [-0.1, -0.05) is 12.1 Å². The molecule has 5 nitrogen and oxygen atoms in total. The average molecular weight is 341 g/mol. The topological polar surface area (TPSA) is 55.8 Å². The van der Waals surface area contributed by atoms with E-state index in [1.54, 1.807) is 44.4 Å². The Morgan fingerprint density at radius 3 is 2.24 bits per heavy atom. The highest BCUT2D eigenvalue weighted by molar-refractivity contribution is 5.94. The quantitative estimate of drug-likeness (QED) is 0.726. The van der Waals surface area contributed by atoms with Gasteiger partial charge in [0, 0.05) is 24.7 Å². The lowest BCUT2D eigenvalue weighted by Crippen LogP contribution is -2.27. The number of ketones is 1. The summed E-state index contributed by atoms with van der Waals surface area (Å²) in [5, 5.41) is 0. The molecule has 25 heavy (non-hydrogen) atoms. The third-order valence-corrected chi connectivity index (χ3v) is 4.03. The molecule has 0 saturated carbocycles. The van der Waals surface area contributed by atoms with Crippen molar-refractivity contribution in [2.75, 3.05) is 21.3 Å². The Hall–Kier alpha value is -2.82. The molecule has 0 saturated heterocycles. The number of rotatable bonds is 7. The van der Waals surface area contributed by atoms with Crippen molar-refractivity contribution >= 4 is 11.7 Å². The molecule has 0 heterocycles. The second-order valence-corrected chi connectivity index (χ2v) is 5.86. The predicted molar refractivity (Wildman–Crippen MR) is 96.2 cm³/mol. The summed E-state index contributed by atoms with van der Waals surface area (Å²) in [5.41, 5.74) is 2.30. The number of ether oxygens (including phenoxy) is 2. The minimum Gasteiger partial charge on any atom is -0.497 e. The molecule has 0 N–H and O–H groups in total. The number of hydrogen-bond acceptors (Lipinski definition) is 4. The number of methoxy groups -OCH3 is 2. The number of likely N-dealkylation sites (N-methyl/N-ethyl adjacent to an activating group) is 1. The smallest absolute Gasteiger partial charge is 0.227 e. The van der Waals surface area contributed by atoms with Crippen LogP contribution in [0.25, 0.3) is 0 Å². The van der Waals surface area contributed by atoms with E-state index in [4.69, 9.17) is 9.47 Å². The SMILES string of the molecule is COc1ccc(CN(C)C(=O)Cc2cc(C(C)=O)ccc2OC)cc1. The molecule has 2 aromatic carbocycles. The van der Waals surface area contributed by atoms with Gasteiger partial charge in [-0.05, 0) is 42.8 Å². The second-order valence-electron chi connectivity index (χ2n) is 5.86. The maximum Gasteiger partial charge on any atom is 0.227 e. The maximum atomic E-state index is 12.5. The Morgan fingerprint density at radius 2 is 1.68 bits per heavy atom. The molecule has 0 fully saturated rings. The van der Waals surface area contributed by atoms with Gasteiger partial charge in [0.05, 0.1) is 20.6 Å². The molecular formula is C20H23NO4. The van der Waals surface area contributed by atoms with E-state index < -0.39 is 0 Å². The average Bonchev–Trinajstić information content (AvgIpc) is 2.62. The van der Waals surface area contributed by atoms with E-state index in [9.17, 15) is 9.59 Å². The molecule has 132 valence electrons. The van der Waals surface area contributed by atoms with Crippen LogP contribution >= 0.6 is 0 Å². The molecular weight excluding hydrogens is 318 g/mol. The first-order valence-corrected chi connectivity index (χ1v) is 7.99. The monoisotopic (exact) mass is 341 g/mol. The van der Waals surface area contributed by atoms with Gasteiger partial charge in [0.15, 0.2) is 5.78 Å². The lowest BCUT2D eigenvalue weighted by Gasteiger charge is -2.18. The summed E-state index contributed by atoms with van der Waals surface area (Å²) < 4.78 is 10.4. The third kappa shape index (κ3) is 4.83. The molecule has 0 aliphatic carbocycles. The van der Waals surface area contributed by atoms with Crippen LogP contribution in [0.5, 0.6) is 11.5 Å². The molecule has 0 bridgehead atoms. The summed E-state index contributed by atoms with van der Waals surface area (Å²) in [6.45, 7) is 2.00.